The van der Waals surface area contributed by atoms with Crippen LogP contribution >= 0.6 is 0 Å². The van der Waals surface area contributed by atoms with Crippen LogP contribution in [0.5, 0.6) is 0 Å². The average molecular weight is 226 g/mol. The molecule has 0 spiro atoms. The van der Waals surface area contributed by atoms with Crippen LogP contribution in [0.1, 0.15) is 13.3 Å². The monoisotopic (exact) mass is 226 g/mol. The van der Waals surface area contributed by atoms with Gasteiger partial charge in [0.2, 0.25) is 0 Å². The average Bonchev–Trinajstić information content (AvgIpc) is 2.27. The number of hydrogen-bond acceptors (Lipinski definition) is 3. The molecule has 0 aromatic heterocycles. The van der Waals surface area contributed by atoms with Gasteiger partial charge in [0.1, 0.15) is 5.82 Å². The number of rotatable bonds is 5. The van der Waals surface area contributed by atoms with E-state index in [1.165, 1.54) is 12.1 Å². The second kappa shape index (κ2) is 5.27. The summed E-state index contributed by atoms with van der Waals surface area (Å²) in [6.45, 7) is 2.63. The van der Waals surface area contributed by atoms with Crippen molar-refractivity contribution in [1.29, 1.82) is 0 Å². The van der Waals surface area contributed by atoms with Crippen LogP contribution in [0.4, 0.5) is 10.1 Å². The lowest BCUT2D eigenvalue weighted by Gasteiger charge is -2.26. The quantitative estimate of drug-likeness (QED) is 0.797. The van der Waals surface area contributed by atoms with Crippen LogP contribution in [0.15, 0.2) is 24.3 Å². The molecule has 0 saturated carbocycles. The maximum atomic E-state index is 12.7. The second-order valence-corrected chi connectivity index (χ2v) is 4.35. The van der Waals surface area contributed by atoms with Crippen molar-refractivity contribution in [2.24, 2.45) is 5.73 Å². The van der Waals surface area contributed by atoms with Gasteiger partial charge in [0, 0.05) is 25.8 Å². The van der Waals surface area contributed by atoms with E-state index in [1.54, 1.807) is 19.1 Å². The largest absolute Gasteiger partial charge is 0.389 e. The Bertz CT molecular complexity index is 324. The van der Waals surface area contributed by atoms with E-state index in [2.05, 4.69) is 0 Å². The lowest BCUT2D eigenvalue weighted by molar-refractivity contribution is 0.0623. The van der Waals surface area contributed by atoms with E-state index >= 15 is 0 Å². The van der Waals surface area contributed by atoms with E-state index in [0.717, 1.165) is 5.69 Å². The van der Waals surface area contributed by atoms with Crippen molar-refractivity contribution in [3.63, 3.8) is 0 Å². The van der Waals surface area contributed by atoms with E-state index in [1.807, 2.05) is 11.9 Å². The highest BCUT2D eigenvalue weighted by molar-refractivity contribution is 5.45. The summed E-state index contributed by atoms with van der Waals surface area (Å²) in [4.78, 5) is 1.96. The first kappa shape index (κ1) is 12.9. The van der Waals surface area contributed by atoms with Gasteiger partial charge in [0.05, 0.1) is 5.60 Å². The fraction of sp³-hybridized carbons (Fsp3) is 0.500. The minimum atomic E-state index is -0.839. The van der Waals surface area contributed by atoms with Crippen molar-refractivity contribution in [3.05, 3.63) is 30.1 Å². The van der Waals surface area contributed by atoms with Crippen molar-refractivity contribution in [2.45, 2.75) is 18.9 Å². The number of anilines is 1. The number of nitrogens with zero attached hydrogens (tertiary/aromatic N) is 1. The van der Waals surface area contributed by atoms with E-state index in [-0.39, 0.29) is 12.4 Å². The minimum absolute atomic E-state index is 0.240. The van der Waals surface area contributed by atoms with E-state index in [9.17, 15) is 9.50 Å². The highest BCUT2D eigenvalue weighted by Crippen LogP contribution is 2.15. The molecule has 16 heavy (non-hydrogen) atoms. The van der Waals surface area contributed by atoms with Gasteiger partial charge in [-0.25, -0.2) is 4.39 Å². The molecule has 0 radical (unpaired) electrons. The Morgan fingerprint density at radius 1 is 1.38 bits per heavy atom. The van der Waals surface area contributed by atoms with Gasteiger partial charge in [-0.1, -0.05) is 0 Å². The lowest BCUT2D eigenvalue weighted by Crippen LogP contribution is -2.37. The van der Waals surface area contributed by atoms with E-state index < -0.39 is 5.60 Å². The Hall–Kier alpha value is -1.13. The standard InChI is InChI=1S/C12H19FN2O/c1-12(16,9-14)7-8-15(2)11-5-3-10(13)4-6-11/h3-6,16H,7-9,14H2,1-2H3. The molecule has 1 unspecified atom stereocenters. The molecule has 3 nitrogen and oxygen atoms in total. The van der Waals surface area contributed by atoms with Crippen LogP contribution in [-0.4, -0.2) is 30.8 Å². The summed E-state index contributed by atoms with van der Waals surface area (Å²) in [6, 6.07) is 6.28. The Morgan fingerprint density at radius 3 is 2.44 bits per heavy atom. The highest BCUT2D eigenvalue weighted by Gasteiger charge is 2.18. The van der Waals surface area contributed by atoms with Gasteiger partial charge >= 0.3 is 0 Å². The maximum Gasteiger partial charge on any atom is 0.123 e. The fourth-order valence-corrected chi connectivity index (χ4v) is 1.34. The SMILES string of the molecule is CN(CCC(C)(O)CN)c1ccc(F)cc1. The van der Waals surface area contributed by atoms with Gasteiger partial charge in [0.25, 0.3) is 0 Å². The Balaban J connectivity index is 2.53. The number of nitrogens with two attached hydrogens (primary N) is 1. The predicted molar refractivity (Wildman–Crippen MR) is 64.0 cm³/mol. The van der Waals surface area contributed by atoms with Crippen LogP contribution in [-0.2, 0) is 0 Å². The molecule has 1 aromatic carbocycles. The molecular formula is C12H19FN2O. The molecule has 0 heterocycles. The van der Waals surface area contributed by atoms with Crippen LogP contribution in [0.25, 0.3) is 0 Å². The van der Waals surface area contributed by atoms with E-state index in [0.29, 0.717) is 13.0 Å². The number of hydrogen-bond donors (Lipinski definition) is 2. The second-order valence-electron chi connectivity index (χ2n) is 4.35. The van der Waals surface area contributed by atoms with Crippen molar-refractivity contribution in [1.82, 2.24) is 0 Å². The van der Waals surface area contributed by atoms with Crippen LogP contribution < -0.4 is 10.6 Å². The highest BCUT2D eigenvalue weighted by atomic mass is 19.1. The summed E-state index contributed by atoms with van der Waals surface area (Å²) in [5.41, 5.74) is 5.52. The minimum Gasteiger partial charge on any atom is -0.389 e. The molecule has 0 bridgehead atoms. The molecule has 1 atom stereocenters. The first-order valence-corrected chi connectivity index (χ1v) is 5.34. The molecule has 1 rings (SSSR count). The van der Waals surface area contributed by atoms with Gasteiger partial charge in [-0.2, -0.15) is 0 Å². The number of benzene rings is 1. The molecule has 3 N–H and O–H groups in total. The van der Waals surface area contributed by atoms with Crippen molar-refractivity contribution < 1.29 is 9.50 Å². The lowest BCUT2D eigenvalue weighted by atomic mass is 10.0. The van der Waals surface area contributed by atoms with Crippen LogP contribution in [0.3, 0.4) is 0 Å². The Kier molecular flexibility index (Phi) is 4.26. The fourth-order valence-electron chi connectivity index (χ4n) is 1.34. The molecular weight excluding hydrogens is 207 g/mol. The van der Waals surface area contributed by atoms with Gasteiger partial charge in [-0.05, 0) is 37.6 Å². The van der Waals surface area contributed by atoms with Gasteiger partial charge in [0.15, 0.2) is 0 Å². The third-order valence-electron chi connectivity index (χ3n) is 2.69. The molecule has 0 amide bonds. The Labute approximate surface area is 95.7 Å². The zero-order valence-corrected chi connectivity index (χ0v) is 9.78. The van der Waals surface area contributed by atoms with Gasteiger partial charge < -0.3 is 15.7 Å². The normalized spacial score (nSPS) is 14.6. The first-order chi connectivity index (χ1) is 7.44. The first-order valence-electron chi connectivity index (χ1n) is 5.34. The molecule has 0 aliphatic heterocycles. The number of aliphatic hydroxyl groups is 1. The third kappa shape index (κ3) is 3.79. The smallest absolute Gasteiger partial charge is 0.123 e. The summed E-state index contributed by atoms with van der Waals surface area (Å²) in [5, 5.41) is 9.75. The predicted octanol–water partition coefficient (Wildman–Crippen LogP) is 1.36. The third-order valence-corrected chi connectivity index (χ3v) is 2.69. The molecule has 0 aliphatic rings. The van der Waals surface area contributed by atoms with Gasteiger partial charge in [-0.15, -0.1) is 0 Å². The molecule has 1 aromatic rings. The summed E-state index contributed by atoms with van der Waals surface area (Å²) in [7, 11) is 1.90. The zero-order chi connectivity index (χ0) is 12.2. The Morgan fingerprint density at radius 2 is 1.94 bits per heavy atom. The summed E-state index contributed by atoms with van der Waals surface area (Å²) in [6.07, 6.45) is 0.581. The molecule has 0 saturated heterocycles. The number of halogens is 1. The maximum absolute atomic E-state index is 12.7. The summed E-state index contributed by atoms with van der Waals surface area (Å²) < 4.78 is 12.7. The van der Waals surface area contributed by atoms with Crippen LogP contribution in [0, 0.1) is 5.82 Å². The van der Waals surface area contributed by atoms with E-state index in [4.69, 9.17) is 5.73 Å². The topological polar surface area (TPSA) is 49.5 Å². The molecule has 90 valence electrons. The zero-order valence-electron chi connectivity index (χ0n) is 9.78. The van der Waals surface area contributed by atoms with Crippen molar-refractivity contribution in [3.8, 4) is 0 Å². The summed E-state index contributed by atoms with van der Waals surface area (Å²) in [5.74, 6) is -0.244. The van der Waals surface area contributed by atoms with Crippen molar-refractivity contribution in [2.75, 3.05) is 25.0 Å². The molecule has 4 heteroatoms. The van der Waals surface area contributed by atoms with Gasteiger partial charge in [-0.3, -0.25) is 0 Å². The molecule has 0 fully saturated rings. The van der Waals surface area contributed by atoms with Crippen LogP contribution in [0.2, 0.25) is 0 Å². The summed E-state index contributed by atoms with van der Waals surface area (Å²) >= 11 is 0. The molecule has 0 aliphatic carbocycles. The van der Waals surface area contributed by atoms with Crippen molar-refractivity contribution >= 4 is 5.69 Å².